The Balaban J connectivity index is 1.81. The summed E-state index contributed by atoms with van der Waals surface area (Å²) in [5, 5.41) is 8.68. The van der Waals surface area contributed by atoms with Crippen LogP contribution < -0.4 is 4.74 Å². The summed E-state index contributed by atoms with van der Waals surface area (Å²) in [5.41, 5.74) is 0.581. The third-order valence-electron chi connectivity index (χ3n) is 3.20. The molecular weight excluding hydrogens is 242 g/mol. The number of carbonyl (C=O) groups is 1. The number of rotatable bonds is 3. The Kier molecular flexibility index (Phi) is 4.37. The van der Waals surface area contributed by atoms with Crippen molar-refractivity contribution >= 4 is 5.91 Å². The van der Waals surface area contributed by atoms with Gasteiger partial charge in [0.25, 0.3) is 5.91 Å². The molecule has 1 saturated heterocycles. The summed E-state index contributed by atoms with van der Waals surface area (Å²) in [6, 6.07) is 8.80. The van der Waals surface area contributed by atoms with Gasteiger partial charge in [-0.25, -0.2) is 0 Å². The third kappa shape index (κ3) is 3.70. The Labute approximate surface area is 113 Å². The maximum absolute atomic E-state index is 11.9. The van der Waals surface area contributed by atoms with Gasteiger partial charge in [-0.15, -0.1) is 0 Å². The summed E-state index contributed by atoms with van der Waals surface area (Å²) in [5.74, 6) is 0.624. The topological polar surface area (TPSA) is 56.6 Å². The predicted molar refractivity (Wildman–Crippen MR) is 70.7 cm³/mol. The Morgan fingerprint density at radius 3 is 2.47 bits per heavy atom. The molecule has 100 valence electrons. The molecule has 5 nitrogen and oxygen atoms in total. The normalized spacial score (nSPS) is 15.9. The molecule has 1 aromatic rings. The summed E-state index contributed by atoms with van der Waals surface area (Å²) in [6.07, 6.45) is 0. The molecule has 0 aromatic heterocycles. The Bertz CT molecular complexity index is 470. The van der Waals surface area contributed by atoms with Crippen LogP contribution in [-0.2, 0) is 4.79 Å². The number of likely N-dealkylation sites (N-methyl/N-ethyl adjacent to an activating group) is 1. The highest BCUT2D eigenvalue weighted by molar-refractivity contribution is 5.77. The molecule has 1 amide bonds. The van der Waals surface area contributed by atoms with E-state index in [1.807, 2.05) is 11.0 Å². The summed E-state index contributed by atoms with van der Waals surface area (Å²) in [4.78, 5) is 16.0. The van der Waals surface area contributed by atoms with E-state index < -0.39 is 0 Å². The summed E-state index contributed by atoms with van der Waals surface area (Å²) in [6.45, 7) is 3.37. The van der Waals surface area contributed by atoms with Gasteiger partial charge in [0.1, 0.15) is 5.75 Å². The van der Waals surface area contributed by atoms with Crippen molar-refractivity contribution in [3.8, 4) is 11.8 Å². The molecule has 2 rings (SSSR count). The number of amides is 1. The van der Waals surface area contributed by atoms with Crippen LogP contribution >= 0.6 is 0 Å². The first-order chi connectivity index (χ1) is 9.19. The average molecular weight is 259 g/mol. The first kappa shape index (κ1) is 13.4. The lowest BCUT2D eigenvalue weighted by molar-refractivity contribution is -0.134. The maximum Gasteiger partial charge on any atom is 0.260 e. The highest BCUT2D eigenvalue weighted by atomic mass is 16.5. The molecule has 1 heterocycles. The van der Waals surface area contributed by atoms with E-state index in [-0.39, 0.29) is 12.5 Å². The monoisotopic (exact) mass is 259 g/mol. The number of hydrogen-bond donors (Lipinski definition) is 0. The zero-order chi connectivity index (χ0) is 13.7. The average Bonchev–Trinajstić information content (AvgIpc) is 2.46. The van der Waals surface area contributed by atoms with Crippen molar-refractivity contribution in [1.29, 1.82) is 5.26 Å². The zero-order valence-corrected chi connectivity index (χ0v) is 11.0. The van der Waals surface area contributed by atoms with Gasteiger partial charge < -0.3 is 14.5 Å². The quantitative estimate of drug-likeness (QED) is 0.802. The van der Waals surface area contributed by atoms with Gasteiger partial charge in [0.05, 0.1) is 11.6 Å². The van der Waals surface area contributed by atoms with Gasteiger partial charge in [0, 0.05) is 26.2 Å². The first-order valence-electron chi connectivity index (χ1n) is 6.28. The Hall–Kier alpha value is -2.06. The van der Waals surface area contributed by atoms with Crippen LogP contribution in [0.5, 0.6) is 5.75 Å². The standard InChI is InChI=1S/C14H17N3O2/c1-16-6-8-17(9-7-16)14(18)11-19-13-4-2-12(10-15)3-5-13/h2-5H,6-9,11H2,1H3. The molecule has 1 aliphatic heterocycles. The highest BCUT2D eigenvalue weighted by Crippen LogP contribution is 2.11. The van der Waals surface area contributed by atoms with Crippen LogP contribution in [0.15, 0.2) is 24.3 Å². The van der Waals surface area contributed by atoms with Crippen LogP contribution in [0.25, 0.3) is 0 Å². The first-order valence-corrected chi connectivity index (χ1v) is 6.28. The van der Waals surface area contributed by atoms with Crippen molar-refractivity contribution in [2.75, 3.05) is 39.8 Å². The highest BCUT2D eigenvalue weighted by Gasteiger charge is 2.19. The minimum atomic E-state index is 0.0115. The lowest BCUT2D eigenvalue weighted by Gasteiger charge is -2.32. The van der Waals surface area contributed by atoms with Gasteiger partial charge in [-0.3, -0.25) is 4.79 Å². The fourth-order valence-electron chi connectivity index (χ4n) is 1.92. The van der Waals surface area contributed by atoms with Crippen LogP contribution in [0, 0.1) is 11.3 Å². The number of nitriles is 1. The van der Waals surface area contributed by atoms with Crippen LogP contribution in [0.4, 0.5) is 0 Å². The van der Waals surface area contributed by atoms with Crippen LogP contribution in [0.3, 0.4) is 0 Å². The smallest absolute Gasteiger partial charge is 0.260 e. The van der Waals surface area contributed by atoms with E-state index in [9.17, 15) is 4.79 Å². The summed E-state index contributed by atoms with van der Waals surface area (Å²) < 4.78 is 5.43. The molecule has 0 saturated carbocycles. The van der Waals surface area contributed by atoms with Crippen LogP contribution in [0.1, 0.15) is 5.56 Å². The van der Waals surface area contributed by atoms with E-state index in [0.29, 0.717) is 11.3 Å². The molecule has 19 heavy (non-hydrogen) atoms. The second-order valence-electron chi connectivity index (χ2n) is 4.61. The maximum atomic E-state index is 11.9. The fourth-order valence-corrected chi connectivity index (χ4v) is 1.92. The fraction of sp³-hybridized carbons (Fsp3) is 0.429. The van der Waals surface area contributed by atoms with Crippen LogP contribution in [0.2, 0.25) is 0 Å². The Morgan fingerprint density at radius 1 is 1.26 bits per heavy atom. The van der Waals surface area contributed by atoms with Gasteiger partial charge in [-0.1, -0.05) is 0 Å². The van der Waals surface area contributed by atoms with E-state index in [1.54, 1.807) is 24.3 Å². The van der Waals surface area contributed by atoms with Crippen LogP contribution in [-0.4, -0.2) is 55.5 Å². The van der Waals surface area contributed by atoms with E-state index >= 15 is 0 Å². The van der Waals surface area contributed by atoms with Crippen molar-refractivity contribution in [1.82, 2.24) is 9.80 Å². The van der Waals surface area contributed by atoms with E-state index in [4.69, 9.17) is 10.00 Å². The Morgan fingerprint density at radius 2 is 1.89 bits per heavy atom. The van der Waals surface area contributed by atoms with Gasteiger partial charge in [-0.2, -0.15) is 5.26 Å². The SMILES string of the molecule is CN1CCN(C(=O)COc2ccc(C#N)cc2)CC1. The van der Waals surface area contributed by atoms with Gasteiger partial charge in [0.2, 0.25) is 0 Å². The van der Waals surface area contributed by atoms with E-state index in [2.05, 4.69) is 11.9 Å². The number of nitrogens with zero attached hydrogens (tertiary/aromatic N) is 3. The molecule has 0 atom stereocenters. The molecule has 1 aromatic carbocycles. The molecule has 1 fully saturated rings. The molecule has 0 spiro atoms. The number of benzene rings is 1. The lowest BCUT2D eigenvalue weighted by atomic mass is 10.2. The van der Waals surface area contributed by atoms with Gasteiger partial charge >= 0.3 is 0 Å². The van der Waals surface area contributed by atoms with E-state index in [1.165, 1.54) is 0 Å². The number of hydrogen-bond acceptors (Lipinski definition) is 4. The molecule has 0 unspecified atom stereocenters. The second kappa shape index (κ2) is 6.21. The minimum Gasteiger partial charge on any atom is -0.484 e. The minimum absolute atomic E-state index is 0.0115. The molecule has 5 heteroatoms. The predicted octanol–water partition coefficient (Wildman–Crippen LogP) is 0.711. The molecule has 0 aliphatic carbocycles. The lowest BCUT2D eigenvalue weighted by Crippen LogP contribution is -2.48. The molecule has 0 bridgehead atoms. The van der Waals surface area contributed by atoms with Crippen molar-refractivity contribution < 1.29 is 9.53 Å². The third-order valence-corrected chi connectivity index (χ3v) is 3.20. The molecule has 1 aliphatic rings. The molecule has 0 radical (unpaired) electrons. The van der Waals surface area contributed by atoms with Crippen molar-refractivity contribution in [3.63, 3.8) is 0 Å². The van der Waals surface area contributed by atoms with Gasteiger partial charge in [0.15, 0.2) is 6.61 Å². The summed E-state index contributed by atoms with van der Waals surface area (Å²) in [7, 11) is 2.05. The van der Waals surface area contributed by atoms with Crippen molar-refractivity contribution in [2.45, 2.75) is 0 Å². The van der Waals surface area contributed by atoms with Crippen molar-refractivity contribution in [3.05, 3.63) is 29.8 Å². The second-order valence-corrected chi connectivity index (χ2v) is 4.61. The van der Waals surface area contributed by atoms with Gasteiger partial charge in [-0.05, 0) is 31.3 Å². The molecule has 0 N–H and O–H groups in total. The largest absolute Gasteiger partial charge is 0.484 e. The van der Waals surface area contributed by atoms with Crippen molar-refractivity contribution in [2.24, 2.45) is 0 Å². The number of ether oxygens (including phenoxy) is 1. The number of carbonyl (C=O) groups excluding carboxylic acids is 1. The number of piperazine rings is 1. The molecular formula is C14H17N3O2. The zero-order valence-electron chi connectivity index (χ0n) is 11.0. The van der Waals surface area contributed by atoms with E-state index in [0.717, 1.165) is 26.2 Å². The summed E-state index contributed by atoms with van der Waals surface area (Å²) >= 11 is 0.